The Balaban J connectivity index is 2.53. The highest BCUT2D eigenvalue weighted by atomic mass is 32.2. The van der Waals surface area contributed by atoms with Gasteiger partial charge in [-0.25, -0.2) is 8.42 Å². The highest BCUT2D eigenvalue weighted by molar-refractivity contribution is 7.95. The predicted molar refractivity (Wildman–Crippen MR) is 61.9 cm³/mol. The van der Waals surface area contributed by atoms with Gasteiger partial charge >= 0.3 is 0 Å². The van der Waals surface area contributed by atoms with E-state index in [1.54, 1.807) is 0 Å². The molecule has 2 N–H and O–H groups in total. The zero-order valence-corrected chi connectivity index (χ0v) is 10.3. The lowest BCUT2D eigenvalue weighted by Gasteiger charge is -2.25. The third-order valence-electron chi connectivity index (χ3n) is 3.11. The molecule has 0 spiro atoms. The minimum absolute atomic E-state index is 0.227. The molecule has 5 heteroatoms. The van der Waals surface area contributed by atoms with Crippen LogP contribution in [0.5, 0.6) is 0 Å². The molecule has 2 rings (SSSR count). The minimum atomic E-state index is -3.18. The van der Waals surface area contributed by atoms with E-state index in [-0.39, 0.29) is 6.54 Å². The number of sulfone groups is 1. The van der Waals surface area contributed by atoms with E-state index in [0.29, 0.717) is 17.1 Å². The van der Waals surface area contributed by atoms with E-state index in [0.717, 1.165) is 12.0 Å². The number of rotatable bonds is 3. The molecule has 0 radical (unpaired) electrons. The van der Waals surface area contributed by atoms with Gasteiger partial charge in [0.1, 0.15) is 4.21 Å². The van der Waals surface area contributed by atoms with Crippen LogP contribution in [0.4, 0.5) is 0 Å². The Bertz CT molecular complexity index is 464. The van der Waals surface area contributed by atoms with Crippen molar-refractivity contribution in [2.75, 3.05) is 6.54 Å². The van der Waals surface area contributed by atoms with E-state index in [9.17, 15) is 8.42 Å². The summed E-state index contributed by atoms with van der Waals surface area (Å²) in [6.07, 6.45) is 2.11. The van der Waals surface area contributed by atoms with Gasteiger partial charge in [0.25, 0.3) is 0 Å². The topological polar surface area (TPSA) is 60.2 Å². The SMILES string of the molecule is CCCC1(CN)Cc2ccsc2S1(=O)=O. The highest BCUT2D eigenvalue weighted by Crippen LogP contribution is 2.44. The highest BCUT2D eigenvalue weighted by Gasteiger charge is 2.50. The maximum atomic E-state index is 12.3. The van der Waals surface area contributed by atoms with Crippen LogP contribution in [0, 0.1) is 0 Å². The van der Waals surface area contributed by atoms with Gasteiger partial charge in [-0.1, -0.05) is 13.3 Å². The summed E-state index contributed by atoms with van der Waals surface area (Å²) in [5.41, 5.74) is 6.65. The molecule has 0 amide bonds. The maximum absolute atomic E-state index is 12.3. The summed E-state index contributed by atoms with van der Waals surface area (Å²) in [5.74, 6) is 0. The first-order chi connectivity index (χ1) is 7.07. The van der Waals surface area contributed by atoms with Crippen molar-refractivity contribution < 1.29 is 8.42 Å². The molecule has 15 heavy (non-hydrogen) atoms. The van der Waals surface area contributed by atoms with Crippen LogP contribution in [0.1, 0.15) is 25.3 Å². The fraction of sp³-hybridized carbons (Fsp3) is 0.600. The van der Waals surface area contributed by atoms with Gasteiger partial charge in [0.15, 0.2) is 9.84 Å². The number of hydrogen-bond acceptors (Lipinski definition) is 4. The second kappa shape index (κ2) is 3.57. The zero-order valence-electron chi connectivity index (χ0n) is 8.69. The second-order valence-electron chi connectivity index (χ2n) is 4.05. The molecular weight excluding hydrogens is 230 g/mol. The number of thiophene rings is 1. The van der Waals surface area contributed by atoms with Crippen molar-refractivity contribution in [3.8, 4) is 0 Å². The third-order valence-corrected chi connectivity index (χ3v) is 7.21. The van der Waals surface area contributed by atoms with Crippen molar-refractivity contribution in [2.24, 2.45) is 5.73 Å². The van der Waals surface area contributed by atoms with E-state index in [4.69, 9.17) is 5.73 Å². The Labute approximate surface area is 94.2 Å². The monoisotopic (exact) mass is 245 g/mol. The fourth-order valence-corrected chi connectivity index (χ4v) is 6.06. The summed E-state index contributed by atoms with van der Waals surface area (Å²) >= 11 is 1.32. The van der Waals surface area contributed by atoms with Crippen LogP contribution in [0.15, 0.2) is 15.7 Å². The molecule has 0 bridgehead atoms. The minimum Gasteiger partial charge on any atom is -0.329 e. The van der Waals surface area contributed by atoms with Gasteiger partial charge in [-0.3, -0.25) is 0 Å². The molecule has 1 aliphatic rings. The predicted octanol–water partition coefficient (Wildman–Crippen LogP) is 1.58. The Morgan fingerprint density at radius 1 is 1.60 bits per heavy atom. The average molecular weight is 245 g/mol. The van der Waals surface area contributed by atoms with Gasteiger partial charge in [-0.2, -0.15) is 0 Å². The Kier molecular flexibility index (Phi) is 2.65. The molecule has 1 aromatic rings. The van der Waals surface area contributed by atoms with Crippen molar-refractivity contribution >= 4 is 21.2 Å². The van der Waals surface area contributed by atoms with E-state index < -0.39 is 14.6 Å². The lowest BCUT2D eigenvalue weighted by molar-refractivity contribution is 0.491. The summed E-state index contributed by atoms with van der Waals surface area (Å²) in [6.45, 7) is 2.23. The van der Waals surface area contributed by atoms with Gasteiger partial charge in [0.2, 0.25) is 0 Å². The molecule has 84 valence electrons. The van der Waals surface area contributed by atoms with Crippen molar-refractivity contribution in [1.82, 2.24) is 0 Å². The van der Waals surface area contributed by atoms with Gasteiger partial charge in [-0.15, -0.1) is 11.3 Å². The number of fused-ring (bicyclic) bond motifs is 1. The van der Waals surface area contributed by atoms with Gasteiger partial charge < -0.3 is 5.73 Å². The third kappa shape index (κ3) is 1.37. The van der Waals surface area contributed by atoms with E-state index >= 15 is 0 Å². The quantitative estimate of drug-likeness (QED) is 0.879. The molecule has 1 aromatic heterocycles. The lowest BCUT2D eigenvalue weighted by atomic mass is 9.96. The normalized spacial score (nSPS) is 27.9. The molecule has 1 unspecified atom stereocenters. The molecule has 1 aliphatic heterocycles. The van der Waals surface area contributed by atoms with Crippen LogP contribution in [0.25, 0.3) is 0 Å². The van der Waals surface area contributed by atoms with E-state index in [1.807, 2.05) is 18.4 Å². The molecule has 0 fully saturated rings. The smallest absolute Gasteiger partial charge is 0.195 e. The summed E-state index contributed by atoms with van der Waals surface area (Å²) < 4.78 is 24.5. The molecule has 0 aliphatic carbocycles. The first kappa shape index (κ1) is 11.1. The largest absolute Gasteiger partial charge is 0.329 e. The van der Waals surface area contributed by atoms with Crippen molar-refractivity contribution in [1.29, 1.82) is 0 Å². The molecular formula is C10H15NO2S2. The fourth-order valence-electron chi connectivity index (χ4n) is 2.29. The molecule has 0 saturated heterocycles. The maximum Gasteiger partial charge on any atom is 0.195 e. The van der Waals surface area contributed by atoms with E-state index in [1.165, 1.54) is 11.3 Å². The molecule has 1 atom stereocenters. The summed E-state index contributed by atoms with van der Waals surface area (Å²) in [5, 5.41) is 1.84. The average Bonchev–Trinajstić information content (AvgIpc) is 2.71. The van der Waals surface area contributed by atoms with Gasteiger partial charge in [-0.05, 0) is 29.9 Å². The zero-order chi connectivity index (χ0) is 11.1. The van der Waals surface area contributed by atoms with Crippen molar-refractivity contribution in [2.45, 2.75) is 35.1 Å². The van der Waals surface area contributed by atoms with Crippen LogP contribution >= 0.6 is 11.3 Å². The Hall–Kier alpha value is -0.390. The van der Waals surface area contributed by atoms with Crippen molar-refractivity contribution in [3.63, 3.8) is 0 Å². The molecule has 2 heterocycles. The van der Waals surface area contributed by atoms with Crippen molar-refractivity contribution in [3.05, 3.63) is 17.0 Å². The summed E-state index contributed by atoms with van der Waals surface area (Å²) in [4.78, 5) is 0. The molecule has 0 aromatic carbocycles. The van der Waals surface area contributed by atoms with Gasteiger partial charge in [0, 0.05) is 6.54 Å². The first-order valence-electron chi connectivity index (χ1n) is 5.08. The standard InChI is InChI=1S/C10H15NO2S2/c1-2-4-10(7-11)6-8-3-5-14-9(8)15(10,12)13/h3,5H,2,4,6-7,11H2,1H3. The molecule has 3 nitrogen and oxygen atoms in total. The second-order valence-corrected chi connectivity index (χ2v) is 7.51. The summed E-state index contributed by atoms with van der Waals surface area (Å²) in [6, 6.07) is 1.91. The van der Waals surface area contributed by atoms with E-state index in [2.05, 4.69) is 0 Å². The number of hydrogen-bond donors (Lipinski definition) is 1. The van der Waals surface area contributed by atoms with Crippen LogP contribution < -0.4 is 5.73 Å². The Morgan fingerprint density at radius 3 is 2.87 bits per heavy atom. The lowest BCUT2D eigenvalue weighted by Crippen LogP contribution is -2.43. The first-order valence-corrected chi connectivity index (χ1v) is 7.45. The summed E-state index contributed by atoms with van der Waals surface area (Å²) in [7, 11) is -3.18. The van der Waals surface area contributed by atoms with Crippen LogP contribution in [0.2, 0.25) is 0 Å². The van der Waals surface area contributed by atoms with Crippen LogP contribution in [0.3, 0.4) is 0 Å². The van der Waals surface area contributed by atoms with Crippen LogP contribution in [-0.2, 0) is 16.3 Å². The van der Waals surface area contributed by atoms with Gasteiger partial charge in [0.05, 0.1) is 4.75 Å². The number of nitrogens with two attached hydrogens (primary N) is 1. The van der Waals surface area contributed by atoms with Crippen LogP contribution in [-0.4, -0.2) is 19.7 Å². The molecule has 0 saturated carbocycles. The Morgan fingerprint density at radius 2 is 2.33 bits per heavy atom.